The van der Waals surface area contributed by atoms with Gasteiger partial charge in [-0.1, -0.05) is 125 Å². The van der Waals surface area contributed by atoms with Crippen LogP contribution in [0.15, 0.2) is 97.1 Å². The normalized spacial score (nSPS) is 17.4. The van der Waals surface area contributed by atoms with Crippen LogP contribution in [0.1, 0.15) is 87.5 Å². The van der Waals surface area contributed by atoms with Gasteiger partial charge in [-0.15, -0.1) is 0 Å². The van der Waals surface area contributed by atoms with Crippen LogP contribution < -0.4 is 25.4 Å². The van der Waals surface area contributed by atoms with Gasteiger partial charge in [0.05, 0.1) is 23.6 Å². The van der Waals surface area contributed by atoms with Crippen LogP contribution in [0.25, 0.3) is 22.3 Å². The maximum absolute atomic E-state index is 14.1. The van der Waals surface area contributed by atoms with Gasteiger partial charge in [0.2, 0.25) is 31.9 Å². The van der Waals surface area contributed by atoms with Crippen molar-refractivity contribution < 1.29 is 45.5 Å². The molecular formula is C51H64N6O10S2. The molecule has 0 radical (unpaired) electrons. The van der Waals surface area contributed by atoms with Gasteiger partial charge < -0.3 is 30.3 Å². The summed E-state index contributed by atoms with van der Waals surface area (Å²) in [5.74, 6) is -2.41. The lowest BCUT2D eigenvalue weighted by Gasteiger charge is -2.25. The van der Waals surface area contributed by atoms with Crippen molar-refractivity contribution in [3.05, 3.63) is 119 Å². The maximum Gasteiger partial charge on any atom is 0.407 e. The standard InChI is InChI=1S/C51H64N6O10S2/c1-32(2)24-34(53-50(60)66-28-44-40-18-10-6-14-36(40)37-15-7-11-19-41(37)44)30-68(62,63)55-46-26-57(49(59)23-22-48(58)52-5)27-47(46)56-69(64,65)31-35(25-33(3)4)54-51(61)67-29-45-42-20-12-8-16-38(42)39-17-9-13-21-43(39)45/h6-21,32-35,44-47,55-56H,22-31H2,1-5H3,(H,52,58)(H,53,60)(H,54,61)/t34-,35-,46-,47-/m0/s1. The highest BCUT2D eigenvalue weighted by atomic mass is 32.2. The summed E-state index contributed by atoms with van der Waals surface area (Å²) < 4.78 is 73.0. The zero-order valence-electron chi connectivity index (χ0n) is 39.8. The number of alkyl carbamates (subject to hydrolysis) is 2. The smallest absolute Gasteiger partial charge is 0.407 e. The van der Waals surface area contributed by atoms with Gasteiger partial charge >= 0.3 is 12.2 Å². The predicted molar refractivity (Wildman–Crippen MR) is 264 cm³/mol. The number of amides is 4. The minimum absolute atomic E-state index is 0.0284. The molecule has 69 heavy (non-hydrogen) atoms. The molecule has 5 N–H and O–H groups in total. The molecular weight excluding hydrogens is 921 g/mol. The third-order valence-corrected chi connectivity index (χ3v) is 15.9. The van der Waals surface area contributed by atoms with Gasteiger partial charge in [0, 0.05) is 56.9 Å². The number of carbonyl (C=O) groups excluding carboxylic acids is 4. The third-order valence-electron chi connectivity index (χ3n) is 12.9. The molecule has 4 aromatic rings. The van der Waals surface area contributed by atoms with Crippen LogP contribution in [0.2, 0.25) is 0 Å². The quantitative estimate of drug-likeness (QED) is 0.0672. The van der Waals surface area contributed by atoms with Crippen LogP contribution in [-0.2, 0) is 39.1 Å². The Morgan fingerprint density at radius 3 is 1.25 bits per heavy atom. The largest absolute Gasteiger partial charge is 0.449 e. The monoisotopic (exact) mass is 984 g/mol. The predicted octanol–water partition coefficient (Wildman–Crippen LogP) is 5.84. The van der Waals surface area contributed by atoms with E-state index in [0.29, 0.717) is 0 Å². The topological polar surface area (TPSA) is 218 Å². The van der Waals surface area contributed by atoms with Crippen LogP contribution in [0.3, 0.4) is 0 Å². The first-order chi connectivity index (χ1) is 32.9. The molecule has 4 amide bonds. The number of ether oxygens (including phenoxy) is 2. The number of sulfonamides is 2. The number of fused-ring (bicyclic) bond motifs is 6. The van der Waals surface area contributed by atoms with E-state index in [1.54, 1.807) is 0 Å². The molecule has 0 spiro atoms. The average Bonchev–Trinajstić information content (AvgIpc) is 3.94. The van der Waals surface area contributed by atoms with Crippen molar-refractivity contribution in [2.24, 2.45) is 11.8 Å². The van der Waals surface area contributed by atoms with Crippen molar-refractivity contribution in [3.8, 4) is 22.3 Å². The minimum Gasteiger partial charge on any atom is -0.449 e. The molecule has 3 aliphatic rings. The van der Waals surface area contributed by atoms with Crippen LogP contribution in [-0.4, -0.2) is 115 Å². The van der Waals surface area contributed by atoms with Gasteiger partial charge in [-0.05, 0) is 69.2 Å². The molecule has 4 aromatic carbocycles. The highest BCUT2D eigenvalue weighted by molar-refractivity contribution is 7.89. The summed E-state index contributed by atoms with van der Waals surface area (Å²) in [7, 11) is -7.09. The van der Waals surface area contributed by atoms with E-state index in [2.05, 4.69) is 25.4 Å². The Kier molecular flexibility index (Phi) is 16.5. The van der Waals surface area contributed by atoms with Crippen molar-refractivity contribution in [2.45, 2.75) is 89.4 Å². The molecule has 1 fully saturated rings. The van der Waals surface area contributed by atoms with E-state index in [1.165, 1.54) is 11.9 Å². The summed E-state index contributed by atoms with van der Waals surface area (Å²) in [5.41, 5.74) is 8.39. The molecule has 18 heteroatoms. The van der Waals surface area contributed by atoms with E-state index in [-0.39, 0.29) is 81.6 Å². The maximum atomic E-state index is 14.1. The Labute approximate surface area is 405 Å². The van der Waals surface area contributed by atoms with E-state index in [0.717, 1.165) is 44.5 Å². The molecule has 7 rings (SSSR count). The molecule has 2 aliphatic carbocycles. The van der Waals surface area contributed by atoms with Crippen molar-refractivity contribution in [2.75, 3.05) is 44.9 Å². The fourth-order valence-electron chi connectivity index (χ4n) is 9.93. The number of hydrogen-bond acceptors (Lipinski definition) is 10. The lowest BCUT2D eigenvalue weighted by molar-refractivity contribution is -0.132. The molecule has 0 unspecified atom stereocenters. The molecule has 0 bridgehead atoms. The number of rotatable bonds is 21. The molecule has 1 heterocycles. The van der Waals surface area contributed by atoms with Crippen LogP contribution in [0.5, 0.6) is 0 Å². The van der Waals surface area contributed by atoms with E-state index < -0.39 is 73.8 Å². The average molecular weight is 985 g/mol. The van der Waals surface area contributed by atoms with Gasteiger partial charge in [-0.25, -0.2) is 35.9 Å². The molecule has 0 saturated carbocycles. The van der Waals surface area contributed by atoms with Crippen LogP contribution in [0, 0.1) is 11.8 Å². The number of benzene rings is 4. The second kappa shape index (κ2) is 22.3. The van der Waals surface area contributed by atoms with Crippen molar-refractivity contribution in [1.82, 2.24) is 30.3 Å². The second-order valence-corrected chi connectivity index (χ2v) is 22.7. The van der Waals surface area contributed by atoms with Crippen molar-refractivity contribution in [3.63, 3.8) is 0 Å². The first-order valence-electron chi connectivity index (χ1n) is 23.6. The van der Waals surface area contributed by atoms with E-state index in [9.17, 15) is 36.0 Å². The van der Waals surface area contributed by atoms with Gasteiger partial charge in [-0.2, -0.15) is 0 Å². The molecule has 370 valence electrons. The molecule has 1 aliphatic heterocycles. The summed E-state index contributed by atoms with van der Waals surface area (Å²) in [6.07, 6.45) is -1.29. The fraction of sp³-hybridized carbons (Fsp3) is 0.451. The minimum atomic E-state index is -4.27. The SMILES string of the molecule is CNC(=O)CCC(=O)N1C[C@H](NS(=O)(=O)C[C@H](CC(C)C)NC(=O)OCC2c3ccccc3-c3ccccc32)[C@@H](NS(=O)(=O)C[C@H](CC(C)C)NC(=O)OCC2c3ccccc3-c3ccccc32)C1. The third kappa shape index (κ3) is 13.1. The Morgan fingerprint density at radius 1 is 0.565 bits per heavy atom. The van der Waals surface area contributed by atoms with E-state index >= 15 is 0 Å². The van der Waals surface area contributed by atoms with Gasteiger partial charge in [0.1, 0.15) is 13.2 Å². The summed E-state index contributed by atoms with van der Waals surface area (Å²) >= 11 is 0. The number of nitrogens with one attached hydrogen (secondary N) is 5. The lowest BCUT2D eigenvalue weighted by Crippen LogP contribution is -2.54. The molecule has 4 atom stereocenters. The van der Waals surface area contributed by atoms with Crippen molar-refractivity contribution in [1.29, 1.82) is 0 Å². The summed E-state index contributed by atoms with van der Waals surface area (Å²) in [6.45, 7) is 7.26. The van der Waals surface area contributed by atoms with Gasteiger partial charge in [-0.3, -0.25) is 9.59 Å². The molecule has 0 aromatic heterocycles. The van der Waals surface area contributed by atoms with Gasteiger partial charge in [0.15, 0.2) is 0 Å². The molecule has 1 saturated heterocycles. The van der Waals surface area contributed by atoms with Crippen molar-refractivity contribution >= 4 is 44.0 Å². The molecule has 16 nitrogen and oxygen atoms in total. The summed E-state index contributed by atoms with van der Waals surface area (Å²) in [6, 6.07) is 27.7. The number of carbonyl (C=O) groups is 4. The Bertz CT molecular complexity index is 2470. The first-order valence-corrected chi connectivity index (χ1v) is 26.9. The fourth-order valence-corrected chi connectivity index (χ4v) is 13.0. The first kappa shape index (κ1) is 51.0. The van der Waals surface area contributed by atoms with E-state index in [4.69, 9.17) is 9.47 Å². The van der Waals surface area contributed by atoms with Crippen LogP contribution in [0.4, 0.5) is 9.59 Å². The Hall–Kier alpha value is -5.82. The summed E-state index contributed by atoms with van der Waals surface area (Å²) in [5, 5.41) is 7.99. The highest BCUT2D eigenvalue weighted by Gasteiger charge is 2.41. The second-order valence-electron chi connectivity index (χ2n) is 19.1. The number of hydrogen-bond donors (Lipinski definition) is 5. The number of nitrogens with zero attached hydrogens (tertiary/aromatic N) is 1. The lowest BCUT2D eigenvalue weighted by atomic mass is 9.98. The number of likely N-dealkylation sites (tertiary alicyclic amines) is 1. The zero-order chi connectivity index (χ0) is 49.5. The summed E-state index contributed by atoms with van der Waals surface area (Å²) in [4.78, 5) is 53.5. The van der Waals surface area contributed by atoms with Crippen LogP contribution >= 0.6 is 0 Å². The van der Waals surface area contributed by atoms with Gasteiger partial charge in [0.25, 0.3) is 0 Å². The Morgan fingerprint density at radius 2 is 0.913 bits per heavy atom. The highest BCUT2D eigenvalue weighted by Crippen LogP contribution is 2.45. The Balaban J connectivity index is 1.00. The zero-order valence-corrected chi connectivity index (χ0v) is 41.4. The van der Waals surface area contributed by atoms with E-state index in [1.807, 2.05) is 125 Å².